The molecule has 2 aliphatic rings. The van der Waals surface area contributed by atoms with Crippen molar-refractivity contribution in [2.45, 2.75) is 82.1 Å². The van der Waals surface area contributed by atoms with Crippen LogP contribution in [0.15, 0.2) is 33.4 Å². The molecule has 0 amide bonds. The average molecular weight is 463 g/mol. The third kappa shape index (κ3) is 6.22. The van der Waals surface area contributed by atoms with Gasteiger partial charge < -0.3 is 0 Å². The molecule has 0 nitrogen and oxygen atoms in total. The third-order valence-corrected chi connectivity index (χ3v) is 6.25. The molecule has 142 valence electrons. The first-order chi connectivity index (χ1) is 10.0. The van der Waals surface area contributed by atoms with Gasteiger partial charge in [-0.1, -0.05) is 79.1 Å². The van der Waals surface area contributed by atoms with Crippen molar-refractivity contribution in [3.8, 4) is 0 Å². The van der Waals surface area contributed by atoms with Gasteiger partial charge in [-0.15, -0.1) is 38.7 Å². The van der Waals surface area contributed by atoms with Gasteiger partial charge in [0.15, 0.2) is 0 Å². The summed E-state index contributed by atoms with van der Waals surface area (Å²) in [5, 5.41) is 0. The van der Waals surface area contributed by atoms with E-state index in [0.29, 0.717) is 0 Å². The fraction of sp³-hybridized carbons (Fsp3) is 0.636. The molecule has 0 spiro atoms. The summed E-state index contributed by atoms with van der Waals surface area (Å²) in [6.45, 7) is 22.1. The molecule has 0 fully saturated rings. The van der Waals surface area contributed by atoms with Crippen molar-refractivity contribution in [1.82, 2.24) is 0 Å². The number of rotatable bonds is 2. The molecule has 3 heteroatoms. The summed E-state index contributed by atoms with van der Waals surface area (Å²) in [7, 11) is 0. The van der Waals surface area contributed by atoms with Crippen LogP contribution in [0.25, 0.3) is 0 Å². The second-order valence-electron chi connectivity index (χ2n) is 7.37. The Balaban J connectivity index is -0.000000346. The van der Waals surface area contributed by atoms with Gasteiger partial charge in [-0.2, -0.15) is 22.3 Å². The number of hydrogen-bond acceptors (Lipinski definition) is 0. The molecule has 25 heavy (non-hydrogen) atoms. The van der Waals surface area contributed by atoms with Crippen molar-refractivity contribution in [3.63, 3.8) is 0 Å². The Labute approximate surface area is 188 Å². The maximum absolute atomic E-state index is 3.52. The van der Waals surface area contributed by atoms with Crippen LogP contribution < -0.4 is 0 Å². The predicted octanol–water partition coefficient (Wildman–Crippen LogP) is 7.85. The first-order valence-electron chi connectivity index (χ1n) is 8.62. The zero-order valence-electron chi connectivity index (χ0n) is 17.7. The fourth-order valence-electron chi connectivity index (χ4n) is 3.30. The van der Waals surface area contributed by atoms with Crippen LogP contribution in [-0.2, 0) is 26.2 Å². The molecule has 2 unspecified atom stereocenters. The predicted molar refractivity (Wildman–Crippen MR) is 113 cm³/mol. The summed E-state index contributed by atoms with van der Waals surface area (Å²) in [4.78, 5) is 0. The standard InChI is InChI=1S/2C11H17.2ClH.Zr/c2*1-6-11(5)7-8(2)9(3)10(11)4;;;/h2*6H2,1-5H3;2*1H;/q2*-1;;;+2. The summed E-state index contributed by atoms with van der Waals surface area (Å²) in [6, 6.07) is 0. The van der Waals surface area contributed by atoms with Crippen LogP contribution in [0.3, 0.4) is 0 Å². The van der Waals surface area contributed by atoms with Crippen LogP contribution in [-0.4, -0.2) is 0 Å². The number of hydrogen-bond donors (Lipinski definition) is 0. The normalized spacial score (nSPS) is 27.4. The van der Waals surface area contributed by atoms with Gasteiger partial charge in [-0.05, 0) is 0 Å². The molecule has 0 N–H and O–H groups in total. The largest absolute Gasteiger partial charge is 2.00 e. The maximum atomic E-state index is 3.52. The van der Waals surface area contributed by atoms with E-state index in [-0.39, 0.29) is 61.8 Å². The van der Waals surface area contributed by atoms with Crippen molar-refractivity contribution in [2.75, 3.05) is 0 Å². The van der Waals surface area contributed by atoms with Crippen LogP contribution in [0, 0.1) is 23.0 Å². The Morgan fingerprint density at radius 2 is 0.880 bits per heavy atom. The minimum atomic E-state index is 0. The van der Waals surface area contributed by atoms with Crippen molar-refractivity contribution in [1.29, 1.82) is 0 Å². The van der Waals surface area contributed by atoms with E-state index in [9.17, 15) is 0 Å². The summed E-state index contributed by atoms with van der Waals surface area (Å²) in [5.41, 5.74) is 9.01. The smallest absolute Gasteiger partial charge is 0.263 e. The van der Waals surface area contributed by atoms with E-state index in [1.165, 1.54) is 33.4 Å². The fourth-order valence-corrected chi connectivity index (χ4v) is 3.30. The van der Waals surface area contributed by atoms with E-state index in [1.807, 2.05) is 0 Å². The number of allylic oxidation sites excluding steroid dienone is 8. The third-order valence-electron chi connectivity index (χ3n) is 6.25. The minimum absolute atomic E-state index is 0. The molecule has 0 aromatic rings. The van der Waals surface area contributed by atoms with Gasteiger partial charge in [-0.25, -0.2) is 11.1 Å². The van der Waals surface area contributed by atoms with Crippen LogP contribution in [0.2, 0.25) is 0 Å². The topological polar surface area (TPSA) is 0 Å². The molecule has 0 aromatic heterocycles. The molecule has 0 heterocycles. The second-order valence-corrected chi connectivity index (χ2v) is 7.37. The van der Waals surface area contributed by atoms with E-state index in [0.717, 1.165) is 12.8 Å². The molecular formula is C22H36Cl2Zr. The quantitative estimate of drug-likeness (QED) is 0.367. The van der Waals surface area contributed by atoms with Gasteiger partial charge in [0.05, 0.1) is 0 Å². The first-order valence-corrected chi connectivity index (χ1v) is 8.62. The van der Waals surface area contributed by atoms with Gasteiger partial charge >= 0.3 is 26.2 Å². The Morgan fingerprint density at radius 1 is 0.640 bits per heavy atom. The SMILES string of the molecule is CCC1(C)[C-]=C(C)C(C)=C1C.CCC1(C)[C-]=C(C)C(C)=C1C.Cl.Cl.[Zr+2]. The molecule has 0 bridgehead atoms. The Kier molecular flexibility index (Phi) is 13.6. The van der Waals surface area contributed by atoms with Crippen LogP contribution in [0.1, 0.15) is 82.1 Å². The van der Waals surface area contributed by atoms with Crippen LogP contribution in [0.5, 0.6) is 0 Å². The monoisotopic (exact) mass is 460 g/mol. The van der Waals surface area contributed by atoms with E-state index < -0.39 is 0 Å². The molecule has 2 rings (SSSR count). The van der Waals surface area contributed by atoms with Gasteiger partial charge in [0, 0.05) is 0 Å². The molecule has 0 saturated heterocycles. The zero-order valence-corrected chi connectivity index (χ0v) is 21.8. The molecule has 2 atom stereocenters. The van der Waals surface area contributed by atoms with Gasteiger partial charge in [0.25, 0.3) is 0 Å². The van der Waals surface area contributed by atoms with Gasteiger partial charge in [-0.3, -0.25) is 12.2 Å². The van der Waals surface area contributed by atoms with Crippen molar-refractivity contribution in [3.05, 3.63) is 45.6 Å². The van der Waals surface area contributed by atoms with Crippen molar-refractivity contribution in [2.24, 2.45) is 10.8 Å². The van der Waals surface area contributed by atoms with E-state index in [4.69, 9.17) is 0 Å². The van der Waals surface area contributed by atoms with Gasteiger partial charge in [0.2, 0.25) is 0 Å². The van der Waals surface area contributed by atoms with Crippen LogP contribution >= 0.6 is 24.8 Å². The first kappa shape index (κ1) is 30.2. The Bertz CT molecular complexity index is 529. The van der Waals surface area contributed by atoms with E-state index in [2.05, 4.69) is 81.4 Å². The van der Waals surface area contributed by atoms with Crippen molar-refractivity contribution < 1.29 is 26.2 Å². The minimum Gasteiger partial charge on any atom is -0.263 e. The summed E-state index contributed by atoms with van der Waals surface area (Å²) in [5.74, 6) is 0. The molecule has 0 aliphatic heterocycles. The van der Waals surface area contributed by atoms with Crippen LogP contribution in [0.4, 0.5) is 0 Å². The average Bonchev–Trinajstić information content (AvgIpc) is 2.81. The van der Waals surface area contributed by atoms with E-state index in [1.54, 1.807) is 0 Å². The molecule has 2 aliphatic carbocycles. The Hall–Kier alpha value is 0.423. The maximum Gasteiger partial charge on any atom is 2.00 e. The summed E-state index contributed by atoms with van der Waals surface area (Å²) >= 11 is 0. The molecule has 0 radical (unpaired) electrons. The number of halogens is 2. The molecule has 0 saturated carbocycles. The summed E-state index contributed by atoms with van der Waals surface area (Å²) in [6.07, 6.45) is 9.36. The summed E-state index contributed by atoms with van der Waals surface area (Å²) < 4.78 is 0. The second kappa shape index (κ2) is 11.3. The van der Waals surface area contributed by atoms with E-state index >= 15 is 0 Å². The Morgan fingerprint density at radius 3 is 0.960 bits per heavy atom. The molecular weight excluding hydrogens is 426 g/mol. The molecule has 0 aromatic carbocycles. The zero-order chi connectivity index (χ0) is 17.3. The van der Waals surface area contributed by atoms with Crippen molar-refractivity contribution >= 4 is 24.8 Å². The van der Waals surface area contributed by atoms with Gasteiger partial charge in [0.1, 0.15) is 0 Å².